The van der Waals surface area contributed by atoms with Gasteiger partial charge in [-0.2, -0.15) is 0 Å². The third-order valence-corrected chi connectivity index (χ3v) is 4.92. The molecule has 0 spiro atoms. The Morgan fingerprint density at radius 3 is 1.60 bits per heavy atom. The van der Waals surface area contributed by atoms with Gasteiger partial charge in [0.15, 0.2) is 0 Å². The van der Waals surface area contributed by atoms with E-state index in [1.165, 1.54) is 89.7 Å². The number of carbonyl (C=O) groups is 1. The van der Waals surface area contributed by atoms with Crippen molar-refractivity contribution >= 4 is 5.97 Å². The van der Waals surface area contributed by atoms with Gasteiger partial charge in [0.2, 0.25) is 0 Å². The summed E-state index contributed by atoms with van der Waals surface area (Å²) in [7, 11) is 1.47. The summed E-state index contributed by atoms with van der Waals surface area (Å²) < 4.78 is 4.64. The molecule has 142 valence electrons. The van der Waals surface area contributed by atoms with E-state index in [1.54, 1.807) is 0 Å². The Kier molecular flexibility index (Phi) is 14.1. The van der Waals surface area contributed by atoms with Crippen LogP contribution in [-0.2, 0) is 16.0 Å². The van der Waals surface area contributed by atoms with Crippen LogP contribution in [0.5, 0.6) is 0 Å². The SMILES string of the molecule is COC(=O)CCCCCCCCCCCCCCCc1ccccc1. The first-order valence-corrected chi connectivity index (χ1v) is 10.4. The molecule has 0 bridgehead atoms. The van der Waals surface area contributed by atoms with Gasteiger partial charge in [0.1, 0.15) is 0 Å². The smallest absolute Gasteiger partial charge is 0.305 e. The van der Waals surface area contributed by atoms with Gasteiger partial charge >= 0.3 is 5.97 Å². The molecule has 2 heteroatoms. The molecule has 0 fully saturated rings. The summed E-state index contributed by atoms with van der Waals surface area (Å²) >= 11 is 0. The second-order valence-corrected chi connectivity index (χ2v) is 7.16. The first-order chi connectivity index (χ1) is 12.3. The third kappa shape index (κ3) is 13.6. The van der Waals surface area contributed by atoms with Crippen LogP contribution in [-0.4, -0.2) is 13.1 Å². The van der Waals surface area contributed by atoms with Crippen LogP contribution in [0.1, 0.15) is 95.5 Å². The predicted octanol–water partition coefficient (Wildman–Crippen LogP) is 6.86. The maximum atomic E-state index is 11.0. The van der Waals surface area contributed by atoms with Crippen molar-refractivity contribution in [3.8, 4) is 0 Å². The zero-order valence-corrected chi connectivity index (χ0v) is 16.3. The fraction of sp³-hybridized carbons (Fsp3) is 0.696. The summed E-state index contributed by atoms with van der Waals surface area (Å²) in [5, 5.41) is 0. The number of aryl methyl sites for hydroxylation is 1. The van der Waals surface area contributed by atoms with E-state index in [0.717, 1.165) is 12.8 Å². The van der Waals surface area contributed by atoms with Gasteiger partial charge in [-0.05, 0) is 24.8 Å². The van der Waals surface area contributed by atoms with E-state index in [9.17, 15) is 4.79 Å². The lowest BCUT2D eigenvalue weighted by atomic mass is 10.0. The lowest BCUT2D eigenvalue weighted by Gasteiger charge is -2.04. The minimum absolute atomic E-state index is 0.0694. The summed E-state index contributed by atoms with van der Waals surface area (Å²) in [4.78, 5) is 11.0. The van der Waals surface area contributed by atoms with Crippen LogP contribution in [0.3, 0.4) is 0 Å². The van der Waals surface area contributed by atoms with Crippen molar-refractivity contribution in [2.45, 2.75) is 96.3 Å². The summed E-state index contributed by atoms with van der Waals surface area (Å²) in [5.74, 6) is -0.0694. The minimum Gasteiger partial charge on any atom is -0.469 e. The highest BCUT2D eigenvalue weighted by Gasteiger charge is 1.99. The van der Waals surface area contributed by atoms with Crippen molar-refractivity contribution in [2.24, 2.45) is 0 Å². The van der Waals surface area contributed by atoms with Crippen LogP contribution < -0.4 is 0 Å². The Morgan fingerprint density at radius 2 is 1.12 bits per heavy atom. The van der Waals surface area contributed by atoms with Gasteiger partial charge in [0.05, 0.1) is 7.11 Å². The Morgan fingerprint density at radius 1 is 0.680 bits per heavy atom. The standard InChI is InChI=1S/C23H38O2/c1-25-23(24)21-17-12-10-8-6-4-2-3-5-7-9-11-14-18-22-19-15-13-16-20-22/h13,15-16,19-20H,2-12,14,17-18,21H2,1H3. The monoisotopic (exact) mass is 346 g/mol. The summed E-state index contributed by atoms with van der Waals surface area (Å²) in [5.41, 5.74) is 1.48. The normalized spacial score (nSPS) is 10.8. The van der Waals surface area contributed by atoms with Crippen molar-refractivity contribution in [3.63, 3.8) is 0 Å². The van der Waals surface area contributed by atoms with Crippen LogP contribution in [0.25, 0.3) is 0 Å². The van der Waals surface area contributed by atoms with E-state index in [1.807, 2.05) is 0 Å². The molecule has 1 aromatic rings. The average Bonchev–Trinajstić information content (AvgIpc) is 2.65. The molecule has 0 atom stereocenters. The van der Waals surface area contributed by atoms with Gasteiger partial charge in [-0.3, -0.25) is 4.79 Å². The number of ether oxygens (including phenoxy) is 1. The van der Waals surface area contributed by atoms with Gasteiger partial charge in [-0.1, -0.05) is 101 Å². The molecular formula is C23H38O2. The van der Waals surface area contributed by atoms with Crippen molar-refractivity contribution in [1.82, 2.24) is 0 Å². The topological polar surface area (TPSA) is 26.3 Å². The lowest BCUT2D eigenvalue weighted by molar-refractivity contribution is -0.140. The van der Waals surface area contributed by atoms with Crippen LogP contribution in [0.4, 0.5) is 0 Å². The zero-order valence-electron chi connectivity index (χ0n) is 16.3. The lowest BCUT2D eigenvalue weighted by Crippen LogP contribution is -1.99. The maximum absolute atomic E-state index is 11.0. The van der Waals surface area contributed by atoms with Crippen molar-refractivity contribution < 1.29 is 9.53 Å². The molecule has 25 heavy (non-hydrogen) atoms. The number of rotatable bonds is 16. The summed E-state index contributed by atoms with van der Waals surface area (Å²) in [6, 6.07) is 10.8. The van der Waals surface area contributed by atoms with Crippen molar-refractivity contribution in [1.29, 1.82) is 0 Å². The molecule has 0 radical (unpaired) electrons. The number of carbonyl (C=O) groups excluding carboxylic acids is 1. The molecule has 0 N–H and O–H groups in total. The number of unbranched alkanes of at least 4 members (excludes halogenated alkanes) is 12. The highest BCUT2D eigenvalue weighted by molar-refractivity contribution is 5.68. The second kappa shape index (κ2) is 16.2. The third-order valence-electron chi connectivity index (χ3n) is 4.92. The van der Waals surface area contributed by atoms with Crippen LogP contribution in [0, 0.1) is 0 Å². The Balaban J connectivity index is 1.73. The number of esters is 1. The summed E-state index contributed by atoms with van der Waals surface area (Å²) in [6.07, 6.45) is 19.0. The summed E-state index contributed by atoms with van der Waals surface area (Å²) in [6.45, 7) is 0. The van der Waals surface area contributed by atoms with Crippen LogP contribution >= 0.6 is 0 Å². The number of benzene rings is 1. The molecule has 0 aliphatic heterocycles. The Bertz CT molecular complexity index is 413. The second-order valence-electron chi connectivity index (χ2n) is 7.16. The minimum atomic E-state index is -0.0694. The zero-order chi connectivity index (χ0) is 18.0. The highest BCUT2D eigenvalue weighted by Crippen LogP contribution is 2.14. The fourth-order valence-corrected chi connectivity index (χ4v) is 3.29. The molecule has 2 nitrogen and oxygen atoms in total. The largest absolute Gasteiger partial charge is 0.469 e. The van der Waals surface area contributed by atoms with Gasteiger partial charge in [0, 0.05) is 6.42 Å². The van der Waals surface area contributed by atoms with E-state index in [4.69, 9.17) is 0 Å². The molecule has 0 saturated carbocycles. The number of hydrogen-bond donors (Lipinski definition) is 0. The Labute approximate surface area is 155 Å². The average molecular weight is 347 g/mol. The van der Waals surface area contributed by atoms with E-state index in [0.29, 0.717) is 6.42 Å². The van der Waals surface area contributed by atoms with E-state index < -0.39 is 0 Å². The molecule has 0 aliphatic carbocycles. The molecule has 0 aliphatic rings. The quantitative estimate of drug-likeness (QED) is 0.241. The number of methoxy groups -OCH3 is 1. The van der Waals surface area contributed by atoms with Crippen molar-refractivity contribution in [2.75, 3.05) is 7.11 Å². The molecule has 1 aromatic carbocycles. The Hall–Kier alpha value is -1.31. The first-order valence-electron chi connectivity index (χ1n) is 10.4. The van der Waals surface area contributed by atoms with Gasteiger partial charge in [-0.25, -0.2) is 0 Å². The van der Waals surface area contributed by atoms with E-state index in [2.05, 4.69) is 35.1 Å². The molecular weight excluding hydrogens is 308 g/mol. The molecule has 0 aromatic heterocycles. The number of hydrogen-bond acceptors (Lipinski definition) is 2. The molecule has 0 heterocycles. The van der Waals surface area contributed by atoms with E-state index in [-0.39, 0.29) is 5.97 Å². The van der Waals surface area contributed by atoms with Crippen LogP contribution in [0.15, 0.2) is 30.3 Å². The maximum Gasteiger partial charge on any atom is 0.305 e. The molecule has 0 unspecified atom stereocenters. The van der Waals surface area contributed by atoms with Crippen LogP contribution in [0.2, 0.25) is 0 Å². The van der Waals surface area contributed by atoms with E-state index >= 15 is 0 Å². The van der Waals surface area contributed by atoms with Gasteiger partial charge < -0.3 is 4.74 Å². The molecule has 0 amide bonds. The van der Waals surface area contributed by atoms with Crippen molar-refractivity contribution in [3.05, 3.63) is 35.9 Å². The van der Waals surface area contributed by atoms with Gasteiger partial charge in [-0.15, -0.1) is 0 Å². The molecule has 1 rings (SSSR count). The predicted molar refractivity (Wildman–Crippen MR) is 107 cm³/mol. The first kappa shape index (κ1) is 21.7. The molecule has 0 saturated heterocycles. The van der Waals surface area contributed by atoms with Gasteiger partial charge in [0.25, 0.3) is 0 Å². The fourth-order valence-electron chi connectivity index (χ4n) is 3.29. The highest BCUT2D eigenvalue weighted by atomic mass is 16.5.